The maximum Gasteiger partial charge on any atom is 0.254 e. The van der Waals surface area contributed by atoms with Crippen LogP contribution in [0.2, 0.25) is 0 Å². The van der Waals surface area contributed by atoms with Crippen molar-refractivity contribution >= 4 is 5.91 Å². The molecule has 2 aliphatic heterocycles. The number of carbonyl (C=O) groups is 1. The first-order valence-electron chi connectivity index (χ1n) is 10.1. The van der Waals surface area contributed by atoms with Crippen molar-refractivity contribution in [2.75, 3.05) is 26.7 Å². The summed E-state index contributed by atoms with van der Waals surface area (Å²) < 4.78 is 0. The third-order valence-electron chi connectivity index (χ3n) is 6.80. The van der Waals surface area contributed by atoms with Crippen LogP contribution in [-0.4, -0.2) is 47.9 Å². The average molecular weight is 363 g/mol. The van der Waals surface area contributed by atoms with Crippen LogP contribution in [0.15, 0.2) is 48.5 Å². The van der Waals surface area contributed by atoms with Crippen LogP contribution in [0, 0.1) is 13.8 Å². The zero-order valence-corrected chi connectivity index (χ0v) is 16.7. The third-order valence-corrected chi connectivity index (χ3v) is 6.80. The first-order chi connectivity index (χ1) is 13.0. The molecule has 2 aromatic rings. The molecule has 4 rings (SSSR count). The summed E-state index contributed by atoms with van der Waals surface area (Å²) >= 11 is 0. The minimum Gasteiger partial charge on any atom is -0.339 e. The largest absolute Gasteiger partial charge is 0.339 e. The van der Waals surface area contributed by atoms with E-state index in [2.05, 4.69) is 60.2 Å². The lowest BCUT2D eigenvalue weighted by Crippen LogP contribution is -2.52. The minimum absolute atomic E-state index is 0.197. The van der Waals surface area contributed by atoms with Crippen molar-refractivity contribution in [3.05, 3.63) is 70.8 Å². The van der Waals surface area contributed by atoms with E-state index in [1.165, 1.54) is 17.5 Å². The smallest absolute Gasteiger partial charge is 0.254 e. The predicted molar refractivity (Wildman–Crippen MR) is 110 cm³/mol. The van der Waals surface area contributed by atoms with Crippen LogP contribution in [0.4, 0.5) is 0 Å². The van der Waals surface area contributed by atoms with Gasteiger partial charge in [-0.2, -0.15) is 0 Å². The Labute approximate surface area is 163 Å². The zero-order chi connectivity index (χ0) is 19.0. The number of amides is 1. The minimum atomic E-state index is 0.197. The second-order valence-electron chi connectivity index (χ2n) is 8.53. The van der Waals surface area contributed by atoms with E-state index in [0.29, 0.717) is 5.92 Å². The summed E-state index contributed by atoms with van der Waals surface area (Å²) in [7, 11) is 2.27. The van der Waals surface area contributed by atoms with Crippen LogP contribution in [-0.2, 0) is 0 Å². The van der Waals surface area contributed by atoms with E-state index in [-0.39, 0.29) is 11.4 Å². The first kappa shape index (κ1) is 18.2. The standard InChI is InChI=1S/C24H30N2O/c1-18-9-10-22(19(2)15-18)23(27)26-13-11-24(12-14-26)16-21(17-25(24)3)20-7-5-4-6-8-20/h4-10,15,21H,11-14,16-17H2,1-3H3/t21-/m0/s1. The van der Waals surface area contributed by atoms with Gasteiger partial charge >= 0.3 is 0 Å². The molecule has 3 heteroatoms. The van der Waals surface area contributed by atoms with Crippen LogP contribution in [0.3, 0.4) is 0 Å². The summed E-state index contributed by atoms with van der Waals surface area (Å²) in [4.78, 5) is 17.6. The molecule has 0 aliphatic carbocycles. The molecule has 2 aliphatic rings. The fraction of sp³-hybridized carbons (Fsp3) is 0.458. The predicted octanol–water partition coefficient (Wildman–Crippen LogP) is 4.40. The van der Waals surface area contributed by atoms with Crippen molar-refractivity contribution < 1.29 is 4.79 Å². The highest BCUT2D eigenvalue weighted by Gasteiger charge is 2.46. The van der Waals surface area contributed by atoms with Crippen molar-refractivity contribution in [3.63, 3.8) is 0 Å². The van der Waals surface area contributed by atoms with Crippen molar-refractivity contribution in [2.45, 2.75) is 44.6 Å². The molecule has 1 atom stereocenters. The van der Waals surface area contributed by atoms with Crippen molar-refractivity contribution in [1.29, 1.82) is 0 Å². The van der Waals surface area contributed by atoms with Gasteiger partial charge < -0.3 is 4.90 Å². The molecule has 0 unspecified atom stereocenters. The molecule has 2 saturated heterocycles. The van der Waals surface area contributed by atoms with Gasteiger partial charge in [-0.25, -0.2) is 0 Å². The molecule has 2 fully saturated rings. The number of piperidine rings is 1. The van der Waals surface area contributed by atoms with Crippen molar-refractivity contribution in [1.82, 2.24) is 9.80 Å². The van der Waals surface area contributed by atoms with Gasteiger partial charge in [0.15, 0.2) is 0 Å². The quantitative estimate of drug-likeness (QED) is 0.791. The second-order valence-corrected chi connectivity index (χ2v) is 8.53. The molecule has 2 heterocycles. The van der Waals surface area contributed by atoms with Gasteiger partial charge in [0, 0.05) is 30.7 Å². The molecule has 1 spiro atoms. The maximum atomic E-state index is 13.0. The van der Waals surface area contributed by atoms with Crippen LogP contribution in [0.25, 0.3) is 0 Å². The summed E-state index contributed by atoms with van der Waals surface area (Å²) in [5.41, 5.74) is 4.86. The van der Waals surface area contributed by atoms with Crippen molar-refractivity contribution in [2.24, 2.45) is 0 Å². The Hall–Kier alpha value is -2.13. The van der Waals surface area contributed by atoms with Crippen LogP contribution in [0.5, 0.6) is 0 Å². The summed E-state index contributed by atoms with van der Waals surface area (Å²) in [6, 6.07) is 17.0. The summed E-state index contributed by atoms with van der Waals surface area (Å²) in [5, 5.41) is 0. The average Bonchev–Trinajstić information content (AvgIpc) is 2.99. The molecule has 0 bridgehead atoms. The normalized spacial score (nSPS) is 22.3. The molecule has 0 radical (unpaired) electrons. The molecular weight excluding hydrogens is 332 g/mol. The highest BCUT2D eigenvalue weighted by Crippen LogP contribution is 2.44. The van der Waals surface area contributed by atoms with Gasteiger partial charge in [-0.05, 0) is 63.3 Å². The second kappa shape index (κ2) is 7.12. The zero-order valence-electron chi connectivity index (χ0n) is 16.7. The van der Waals surface area contributed by atoms with E-state index in [0.717, 1.165) is 43.6 Å². The van der Waals surface area contributed by atoms with Crippen LogP contribution >= 0.6 is 0 Å². The highest BCUT2D eigenvalue weighted by molar-refractivity contribution is 5.95. The number of hydrogen-bond donors (Lipinski definition) is 0. The van der Waals surface area contributed by atoms with E-state index in [1.54, 1.807) is 0 Å². The van der Waals surface area contributed by atoms with Gasteiger partial charge in [0.25, 0.3) is 5.91 Å². The van der Waals surface area contributed by atoms with E-state index in [1.807, 2.05) is 19.1 Å². The Morgan fingerprint density at radius 1 is 1.04 bits per heavy atom. The molecule has 0 saturated carbocycles. The highest BCUT2D eigenvalue weighted by atomic mass is 16.2. The van der Waals surface area contributed by atoms with E-state index in [4.69, 9.17) is 0 Å². The van der Waals surface area contributed by atoms with E-state index >= 15 is 0 Å². The molecule has 142 valence electrons. The Kier molecular flexibility index (Phi) is 4.81. The summed E-state index contributed by atoms with van der Waals surface area (Å²) in [5.74, 6) is 0.806. The molecule has 0 aromatic heterocycles. The fourth-order valence-corrected chi connectivity index (χ4v) is 5.09. The first-order valence-corrected chi connectivity index (χ1v) is 10.1. The third kappa shape index (κ3) is 3.41. The Balaban J connectivity index is 1.44. The van der Waals surface area contributed by atoms with Gasteiger partial charge in [0.2, 0.25) is 0 Å². The monoisotopic (exact) mass is 362 g/mol. The van der Waals surface area contributed by atoms with Crippen molar-refractivity contribution in [3.8, 4) is 0 Å². The molecule has 2 aromatic carbocycles. The van der Waals surface area contributed by atoms with E-state index in [9.17, 15) is 4.79 Å². The number of benzene rings is 2. The van der Waals surface area contributed by atoms with Crippen LogP contribution < -0.4 is 0 Å². The number of carbonyl (C=O) groups excluding carboxylic acids is 1. The summed E-state index contributed by atoms with van der Waals surface area (Å²) in [6.45, 7) is 6.96. The number of likely N-dealkylation sites (tertiary alicyclic amines) is 2. The number of likely N-dealkylation sites (N-methyl/N-ethyl adjacent to an activating group) is 1. The molecule has 0 N–H and O–H groups in total. The summed E-state index contributed by atoms with van der Waals surface area (Å²) in [6.07, 6.45) is 3.35. The molecular formula is C24H30N2O. The lowest BCUT2D eigenvalue weighted by Gasteiger charge is -2.43. The fourth-order valence-electron chi connectivity index (χ4n) is 5.09. The maximum absolute atomic E-state index is 13.0. The van der Waals surface area contributed by atoms with E-state index < -0.39 is 0 Å². The lowest BCUT2D eigenvalue weighted by molar-refractivity contribution is 0.0491. The van der Waals surface area contributed by atoms with Gasteiger partial charge in [-0.3, -0.25) is 9.69 Å². The van der Waals surface area contributed by atoms with Gasteiger partial charge in [-0.15, -0.1) is 0 Å². The Morgan fingerprint density at radius 3 is 2.41 bits per heavy atom. The Morgan fingerprint density at radius 2 is 1.74 bits per heavy atom. The number of hydrogen-bond acceptors (Lipinski definition) is 2. The molecule has 27 heavy (non-hydrogen) atoms. The topological polar surface area (TPSA) is 23.6 Å². The number of aryl methyl sites for hydroxylation is 2. The number of rotatable bonds is 2. The number of nitrogens with zero attached hydrogens (tertiary/aromatic N) is 2. The van der Waals surface area contributed by atoms with Gasteiger partial charge in [0.1, 0.15) is 0 Å². The van der Waals surface area contributed by atoms with Crippen LogP contribution in [0.1, 0.15) is 52.2 Å². The van der Waals surface area contributed by atoms with Gasteiger partial charge in [-0.1, -0.05) is 48.0 Å². The molecule has 3 nitrogen and oxygen atoms in total. The molecule has 1 amide bonds. The van der Waals surface area contributed by atoms with Gasteiger partial charge in [0.05, 0.1) is 0 Å². The Bertz CT molecular complexity index is 822. The lowest BCUT2D eigenvalue weighted by atomic mass is 9.81. The SMILES string of the molecule is Cc1ccc(C(=O)N2CCC3(CC2)C[C@H](c2ccccc2)CN3C)c(C)c1.